The Kier molecular flexibility index (Phi) is 2.72. The maximum atomic E-state index is 11.6. The zero-order valence-corrected chi connectivity index (χ0v) is 9.21. The van der Waals surface area contributed by atoms with Crippen LogP contribution in [0.25, 0.3) is 0 Å². The van der Waals surface area contributed by atoms with Gasteiger partial charge in [-0.25, -0.2) is 0 Å². The van der Waals surface area contributed by atoms with Gasteiger partial charge < -0.3 is 5.32 Å². The molecule has 0 aromatic carbocycles. The smallest absolute Gasteiger partial charge is 0.272 e. The van der Waals surface area contributed by atoms with Crippen LogP contribution in [0.15, 0.2) is 24.5 Å². The number of rotatable bonds is 3. The number of hydrogen-bond donors (Lipinski definition) is 1. The standard InChI is InChI=1S/C10H13N5O/c1-14-6-4-9(13-14)10(16)11-7-8-3-5-12-15(8)2/h3-6H,7H2,1-2H3,(H,11,16). The highest BCUT2D eigenvalue weighted by Crippen LogP contribution is 1.98. The molecule has 0 saturated carbocycles. The summed E-state index contributed by atoms with van der Waals surface area (Å²) in [5, 5.41) is 10.8. The number of nitrogens with one attached hydrogen (secondary N) is 1. The lowest BCUT2D eigenvalue weighted by atomic mass is 10.3. The molecule has 1 N–H and O–H groups in total. The van der Waals surface area contributed by atoms with Crippen molar-refractivity contribution in [1.29, 1.82) is 0 Å². The summed E-state index contributed by atoms with van der Waals surface area (Å²) in [7, 11) is 3.61. The van der Waals surface area contributed by atoms with Gasteiger partial charge in [0.25, 0.3) is 5.91 Å². The molecule has 2 heterocycles. The van der Waals surface area contributed by atoms with Gasteiger partial charge in [0.05, 0.1) is 12.2 Å². The van der Waals surface area contributed by atoms with Gasteiger partial charge >= 0.3 is 0 Å². The Morgan fingerprint density at radius 2 is 2.25 bits per heavy atom. The summed E-state index contributed by atoms with van der Waals surface area (Å²) in [5.74, 6) is -0.179. The number of aromatic nitrogens is 4. The minimum Gasteiger partial charge on any atom is -0.345 e. The van der Waals surface area contributed by atoms with E-state index >= 15 is 0 Å². The number of nitrogens with zero attached hydrogens (tertiary/aromatic N) is 4. The Morgan fingerprint density at radius 1 is 1.44 bits per heavy atom. The Bertz CT molecular complexity index is 499. The maximum Gasteiger partial charge on any atom is 0.272 e. The summed E-state index contributed by atoms with van der Waals surface area (Å²) in [6.45, 7) is 0.450. The molecule has 0 saturated heterocycles. The van der Waals surface area contributed by atoms with Crippen molar-refractivity contribution in [3.8, 4) is 0 Å². The molecule has 0 bridgehead atoms. The first-order valence-electron chi connectivity index (χ1n) is 4.91. The van der Waals surface area contributed by atoms with E-state index in [-0.39, 0.29) is 5.91 Å². The summed E-state index contributed by atoms with van der Waals surface area (Å²) in [6.07, 6.45) is 3.43. The van der Waals surface area contributed by atoms with Crippen LogP contribution >= 0.6 is 0 Å². The maximum absolute atomic E-state index is 11.6. The molecular weight excluding hydrogens is 206 g/mol. The van der Waals surface area contributed by atoms with Crippen LogP contribution in [0.4, 0.5) is 0 Å². The molecule has 0 atom stereocenters. The van der Waals surface area contributed by atoms with E-state index in [1.807, 2.05) is 13.1 Å². The fourth-order valence-corrected chi connectivity index (χ4v) is 1.37. The monoisotopic (exact) mass is 219 g/mol. The second kappa shape index (κ2) is 4.18. The van der Waals surface area contributed by atoms with Gasteiger partial charge in [-0.2, -0.15) is 10.2 Å². The summed E-state index contributed by atoms with van der Waals surface area (Å²) in [5.41, 5.74) is 1.37. The van der Waals surface area contributed by atoms with Gasteiger partial charge in [-0.05, 0) is 12.1 Å². The average Bonchev–Trinajstić information content (AvgIpc) is 2.84. The van der Waals surface area contributed by atoms with E-state index < -0.39 is 0 Å². The van der Waals surface area contributed by atoms with Gasteiger partial charge in [0.2, 0.25) is 0 Å². The van der Waals surface area contributed by atoms with Crippen LogP contribution in [-0.4, -0.2) is 25.5 Å². The highest BCUT2D eigenvalue weighted by molar-refractivity contribution is 5.92. The molecular formula is C10H13N5O. The molecule has 0 spiro atoms. The topological polar surface area (TPSA) is 64.7 Å². The van der Waals surface area contributed by atoms with E-state index in [4.69, 9.17) is 0 Å². The van der Waals surface area contributed by atoms with Crippen molar-refractivity contribution in [1.82, 2.24) is 24.9 Å². The van der Waals surface area contributed by atoms with Crippen molar-refractivity contribution < 1.29 is 4.79 Å². The molecule has 0 unspecified atom stereocenters. The van der Waals surface area contributed by atoms with Crippen molar-refractivity contribution in [3.05, 3.63) is 35.9 Å². The zero-order valence-electron chi connectivity index (χ0n) is 9.21. The van der Waals surface area contributed by atoms with Gasteiger partial charge in [-0.15, -0.1) is 0 Å². The largest absolute Gasteiger partial charge is 0.345 e. The molecule has 2 rings (SSSR count). The normalized spacial score (nSPS) is 10.4. The van der Waals surface area contributed by atoms with E-state index in [1.165, 1.54) is 0 Å². The van der Waals surface area contributed by atoms with E-state index in [9.17, 15) is 4.79 Å². The second-order valence-electron chi connectivity index (χ2n) is 3.50. The third kappa shape index (κ3) is 2.10. The van der Waals surface area contributed by atoms with Crippen LogP contribution in [0.1, 0.15) is 16.2 Å². The fraction of sp³-hybridized carbons (Fsp3) is 0.300. The second-order valence-corrected chi connectivity index (χ2v) is 3.50. The predicted octanol–water partition coefficient (Wildman–Crippen LogP) is 0.0836. The van der Waals surface area contributed by atoms with Crippen molar-refractivity contribution in [2.45, 2.75) is 6.54 Å². The Labute approximate surface area is 92.9 Å². The third-order valence-electron chi connectivity index (χ3n) is 2.30. The highest BCUT2D eigenvalue weighted by Gasteiger charge is 2.08. The molecule has 0 aliphatic rings. The number of aryl methyl sites for hydroxylation is 2. The average molecular weight is 219 g/mol. The van der Waals surface area contributed by atoms with Gasteiger partial charge in [-0.1, -0.05) is 0 Å². The van der Waals surface area contributed by atoms with Gasteiger partial charge in [0.15, 0.2) is 0 Å². The van der Waals surface area contributed by atoms with Crippen molar-refractivity contribution >= 4 is 5.91 Å². The van der Waals surface area contributed by atoms with Crippen LogP contribution in [0.3, 0.4) is 0 Å². The van der Waals surface area contributed by atoms with Gasteiger partial charge in [0, 0.05) is 26.5 Å². The molecule has 0 aliphatic heterocycles. The first-order valence-corrected chi connectivity index (χ1v) is 4.91. The summed E-state index contributed by atoms with van der Waals surface area (Å²) < 4.78 is 3.32. The molecule has 6 heteroatoms. The Hall–Kier alpha value is -2.11. The first-order chi connectivity index (χ1) is 7.66. The molecule has 16 heavy (non-hydrogen) atoms. The van der Waals surface area contributed by atoms with Gasteiger partial charge in [0.1, 0.15) is 5.69 Å². The van der Waals surface area contributed by atoms with Gasteiger partial charge in [-0.3, -0.25) is 14.2 Å². The lowest BCUT2D eigenvalue weighted by Gasteiger charge is -2.03. The highest BCUT2D eigenvalue weighted by atomic mass is 16.1. The van der Waals surface area contributed by atoms with E-state index in [1.54, 1.807) is 34.9 Å². The minimum absolute atomic E-state index is 0.179. The number of hydrogen-bond acceptors (Lipinski definition) is 3. The molecule has 2 aromatic heterocycles. The molecule has 0 radical (unpaired) electrons. The molecule has 6 nitrogen and oxygen atoms in total. The first kappa shape index (κ1) is 10.4. The van der Waals surface area contributed by atoms with Crippen LogP contribution in [0.2, 0.25) is 0 Å². The molecule has 1 amide bonds. The third-order valence-corrected chi connectivity index (χ3v) is 2.30. The Morgan fingerprint density at radius 3 is 2.81 bits per heavy atom. The quantitative estimate of drug-likeness (QED) is 0.795. The van der Waals surface area contributed by atoms with Crippen molar-refractivity contribution in [3.63, 3.8) is 0 Å². The number of carbonyl (C=O) groups is 1. The molecule has 0 fully saturated rings. The summed E-state index contributed by atoms with van der Waals surface area (Å²) >= 11 is 0. The SMILES string of the molecule is Cn1ccc(C(=O)NCc2ccnn2C)n1. The lowest BCUT2D eigenvalue weighted by Crippen LogP contribution is -2.24. The minimum atomic E-state index is -0.179. The number of carbonyl (C=O) groups excluding carboxylic acids is 1. The zero-order chi connectivity index (χ0) is 11.5. The van der Waals surface area contributed by atoms with Crippen LogP contribution in [-0.2, 0) is 20.6 Å². The van der Waals surface area contributed by atoms with Crippen LogP contribution < -0.4 is 5.32 Å². The van der Waals surface area contributed by atoms with E-state index in [2.05, 4.69) is 15.5 Å². The molecule has 0 aliphatic carbocycles. The van der Waals surface area contributed by atoms with Crippen LogP contribution in [0.5, 0.6) is 0 Å². The number of amides is 1. The Balaban J connectivity index is 1.96. The van der Waals surface area contributed by atoms with E-state index in [0.29, 0.717) is 12.2 Å². The van der Waals surface area contributed by atoms with Crippen LogP contribution in [0, 0.1) is 0 Å². The summed E-state index contributed by atoms with van der Waals surface area (Å²) in [4.78, 5) is 11.6. The van der Waals surface area contributed by atoms with Crippen molar-refractivity contribution in [2.24, 2.45) is 14.1 Å². The predicted molar refractivity (Wildman–Crippen MR) is 57.6 cm³/mol. The molecule has 84 valence electrons. The lowest BCUT2D eigenvalue weighted by molar-refractivity contribution is 0.0944. The molecule has 2 aromatic rings. The van der Waals surface area contributed by atoms with E-state index in [0.717, 1.165) is 5.69 Å². The van der Waals surface area contributed by atoms with Crippen molar-refractivity contribution in [2.75, 3.05) is 0 Å². The fourth-order valence-electron chi connectivity index (χ4n) is 1.37. The summed E-state index contributed by atoms with van der Waals surface area (Å²) in [6, 6.07) is 3.54.